The lowest BCUT2D eigenvalue weighted by molar-refractivity contribution is -0.136. The Bertz CT molecular complexity index is 1110. The molecule has 0 saturated carbocycles. The highest BCUT2D eigenvalue weighted by Crippen LogP contribution is 2.34. The molecule has 0 aromatic heterocycles. The van der Waals surface area contributed by atoms with E-state index in [0.717, 1.165) is 5.56 Å². The summed E-state index contributed by atoms with van der Waals surface area (Å²) in [5.74, 6) is -0.190. The summed E-state index contributed by atoms with van der Waals surface area (Å²) in [6, 6.07) is 19.6. The largest absolute Gasteiger partial charge is 0.481 e. The third-order valence-corrected chi connectivity index (χ3v) is 5.74. The highest BCUT2D eigenvalue weighted by atomic mass is 35.5. The fourth-order valence-electron chi connectivity index (χ4n) is 2.58. The van der Waals surface area contributed by atoms with Crippen LogP contribution in [0.4, 0.5) is 5.69 Å². The summed E-state index contributed by atoms with van der Waals surface area (Å²) in [4.78, 5) is 10.7. The number of hydrogen-bond donors (Lipinski definition) is 2. The van der Waals surface area contributed by atoms with Crippen LogP contribution in [0.1, 0.15) is 12.0 Å². The Labute approximate surface area is 173 Å². The van der Waals surface area contributed by atoms with Gasteiger partial charge in [-0.2, -0.15) is 0 Å². The molecule has 150 valence electrons. The van der Waals surface area contributed by atoms with Gasteiger partial charge in [0.05, 0.1) is 15.6 Å². The number of sulfonamides is 1. The summed E-state index contributed by atoms with van der Waals surface area (Å²) in [5.41, 5.74) is 1.01. The van der Waals surface area contributed by atoms with Gasteiger partial charge in [0.1, 0.15) is 5.75 Å². The highest BCUT2D eigenvalue weighted by molar-refractivity contribution is 7.92. The van der Waals surface area contributed by atoms with Crippen molar-refractivity contribution in [3.63, 3.8) is 0 Å². The molecule has 29 heavy (non-hydrogen) atoms. The minimum atomic E-state index is -3.87. The fraction of sp³-hybridized carbons (Fsp3) is 0.0952. The van der Waals surface area contributed by atoms with Gasteiger partial charge in [0, 0.05) is 6.42 Å². The maximum Gasteiger partial charge on any atom is 0.303 e. The molecular weight excluding hydrogens is 414 g/mol. The zero-order chi connectivity index (χ0) is 20.9. The number of para-hydroxylation sites is 3. The van der Waals surface area contributed by atoms with Crippen LogP contribution in [0.2, 0.25) is 5.02 Å². The van der Waals surface area contributed by atoms with E-state index in [9.17, 15) is 13.2 Å². The zero-order valence-electron chi connectivity index (χ0n) is 15.2. The lowest BCUT2D eigenvalue weighted by Gasteiger charge is -2.14. The molecule has 0 spiro atoms. The number of hydrogen-bond acceptors (Lipinski definition) is 4. The van der Waals surface area contributed by atoms with Gasteiger partial charge in [0.2, 0.25) is 0 Å². The number of anilines is 1. The molecule has 0 saturated heterocycles. The van der Waals surface area contributed by atoms with Crippen LogP contribution in [0.3, 0.4) is 0 Å². The molecule has 8 heteroatoms. The van der Waals surface area contributed by atoms with E-state index in [1.54, 1.807) is 60.7 Å². The number of nitrogens with one attached hydrogen (secondary N) is 1. The normalized spacial score (nSPS) is 11.1. The van der Waals surface area contributed by atoms with E-state index < -0.39 is 16.0 Å². The smallest absolute Gasteiger partial charge is 0.303 e. The molecule has 0 amide bonds. The van der Waals surface area contributed by atoms with Gasteiger partial charge in [0.15, 0.2) is 5.75 Å². The summed E-state index contributed by atoms with van der Waals surface area (Å²) in [6.45, 7) is 0. The first-order valence-corrected chi connectivity index (χ1v) is 10.6. The van der Waals surface area contributed by atoms with Gasteiger partial charge in [-0.25, -0.2) is 8.42 Å². The highest BCUT2D eigenvalue weighted by Gasteiger charge is 2.17. The molecular formula is C21H18ClNO5S. The van der Waals surface area contributed by atoms with Gasteiger partial charge in [-0.3, -0.25) is 9.52 Å². The lowest BCUT2D eigenvalue weighted by Crippen LogP contribution is -2.13. The van der Waals surface area contributed by atoms with Crippen LogP contribution in [-0.4, -0.2) is 19.5 Å². The Morgan fingerprint density at radius 2 is 1.55 bits per heavy atom. The van der Waals surface area contributed by atoms with E-state index in [0.29, 0.717) is 22.9 Å². The number of halogens is 1. The molecule has 3 aromatic carbocycles. The van der Waals surface area contributed by atoms with Crippen LogP contribution in [-0.2, 0) is 21.2 Å². The number of aryl methyl sites for hydroxylation is 1. The van der Waals surface area contributed by atoms with E-state index in [1.807, 2.05) is 0 Å². The SMILES string of the molecule is O=C(O)CCc1ccc(S(=O)(=O)Nc2ccccc2Oc2ccccc2Cl)cc1. The van der Waals surface area contributed by atoms with Crippen LogP contribution >= 0.6 is 11.6 Å². The predicted octanol–water partition coefficient (Wildman–Crippen LogP) is 4.95. The maximum absolute atomic E-state index is 12.8. The molecule has 3 aromatic rings. The number of rotatable bonds is 8. The fourth-order valence-corrected chi connectivity index (χ4v) is 3.82. The number of ether oxygens (including phenoxy) is 1. The van der Waals surface area contributed by atoms with E-state index in [1.165, 1.54) is 12.1 Å². The number of benzene rings is 3. The van der Waals surface area contributed by atoms with Crippen molar-refractivity contribution in [3.8, 4) is 11.5 Å². The first-order valence-electron chi connectivity index (χ1n) is 8.70. The van der Waals surface area contributed by atoms with Gasteiger partial charge in [-0.1, -0.05) is 48.0 Å². The molecule has 0 aliphatic heterocycles. The first kappa shape index (κ1) is 20.7. The molecule has 6 nitrogen and oxygen atoms in total. The first-order chi connectivity index (χ1) is 13.8. The van der Waals surface area contributed by atoms with Crippen LogP contribution in [0, 0.1) is 0 Å². The standard InChI is InChI=1S/C21H18ClNO5S/c22-17-5-1-3-7-19(17)28-20-8-4-2-6-18(20)23-29(26,27)16-12-9-15(10-13-16)11-14-21(24)25/h1-10,12-13,23H,11,14H2,(H,24,25). The van der Waals surface area contributed by atoms with Crippen LogP contribution in [0.25, 0.3) is 0 Å². The molecule has 0 unspecified atom stereocenters. The molecule has 3 rings (SSSR count). The van der Waals surface area contributed by atoms with Gasteiger partial charge in [-0.05, 0) is 48.4 Å². The second-order valence-electron chi connectivity index (χ2n) is 6.17. The van der Waals surface area contributed by atoms with E-state index in [-0.39, 0.29) is 17.0 Å². The van der Waals surface area contributed by atoms with Crippen LogP contribution < -0.4 is 9.46 Å². The molecule has 0 aliphatic rings. The van der Waals surface area contributed by atoms with E-state index in [4.69, 9.17) is 21.4 Å². The third kappa shape index (κ3) is 5.49. The average molecular weight is 432 g/mol. The molecule has 0 bridgehead atoms. The predicted molar refractivity (Wildman–Crippen MR) is 111 cm³/mol. The third-order valence-electron chi connectivity index (χ3n) is 4.05. The molecule has 0 fully saturated rings. The van der Waals surface area contributed by atoms with E-state index >= 15 is 0 Å². The zero-order valence-corrected chi connectivity index (χ0v) is 16.8. The van der Waals surface area contributed by atoms with Gasteiger partial charge in [0.25, 0.3) is 10.0 Å². The number of carboxylic acids is 1. The van der Waals surface area contributed by atoms with Gasteiger partial charge < -0.3 is 9.84 Å². The number of aliphatic carboxylic acids is 1. The summed E-state index contributed by atoms with van der Waals surface area (Å²) < 4.78 is 33.8. The monoisotopic (exact) mass is 431 g/mol. The molecule has 0 atom stereocenters. The van der Waals surface area contributed by atoms with Crippen molar-refractivity contribution in [2.24, 2.45) is 0 Å². The van der Waals surface area contributed by atoms with Crippen molar-refractivity contribution in [1.82, 2.24) is 0 Å². The average Bonchev–Trinajstić information content (AvgIpc) is 2.70. The minimum Gasteiger partial charge on any atom is -0.481 e. The Morgan fingerprint density at radius 3 is 2.21 bits per heavy atom. The maximum atomic E-state index is 12.8. The van der Waals surface area contributed by atoms with Crippen molar-refractivity contribution in [2.45, 2.75) is 17.7 Å². The molecule has 0 heterocycles. The quantitative estimate of drug-likeness (QED) is 0.526. The number of carboxylic acid groups (broad SMARTS) is 1. The minimum absolute atomic E-state index is 0.0168. The summed E-state index contributed by atoms with van der Waals surface area (Å²) in [5, 5.41) is 9.15. The summed E-state index contributed by atoms with van der Waals surface area (Å²) in [7, 11) is -3.87. The van der Waals surface area contributed by atoms with Crippen molar-refractivity contribution >= 4 is 33.3 Å². The summed E-state index contributed by atoms with van der Waals surface area (Å²) in [6.07, 6.45) is 0.314. The topological polar surface area (TPSA) is 92.7 Å². The van der Waals surface area contributed by atoms with Gasteiger partial charge >= 0.3 is 5.97 Å². The van der Waals surface area contributed by atoms with Crippen molar-refractivity contribution in [3.05, 3.63) is 83.4 Å². The Kier molecular flexibility index (Phi) is 6.41. The van der Waals surface area contributed by atoms with Crippen molar-refractivity contribution < 1.29 is 23.1 Å². The number of carbonyl (C=O) groups is 1. The Hall–Kier alpha value is -3.03. The van der Waals surface area contributed by atoms with Crippen molar-refractivity contribution in [2.75, 3.05) is 4.72 Å². The second-order valence-corrected chi connectivity index (χ2v) is 8.26. The molecule has 2 N–H and O–H groups in total. The van der Waals surface area contributed by atoms with Crippen molar-refractivity contribution in [1.29, 1.82) is 0 Å². The van der Waals surface area contributed by atoms with Gasteiger partial charge in [-0.15, -0.1) is 0 Å². The Balaban J connectivity index is 1.80. The molecule has 0 aliphatic carbocycles. The summed E-state index contributed by atoms with van der Waals surface area (Å²) >= 11 is 6.12. The molecule has 0 radical (unpaired) electrons. The van der Waals surface area contributed by atoms with E-state index in [2.05, 4.69) is 4.72 Å². The van der Waals surface area contributed by atoms with Crippen LogP contribution in [0.5, 0.6) is 11.5 Å². The van der Waals surface area contributed by atoms with Crippen LogP contribution in [0.15, 0.2) is 77.7 Å². The second kappa shape index (κ2) is 8.98. The lowest BCUT2D eigenvalue weighted by atomic mass is 10.1. The Morgan fingerprint density at radius 1 is 0.931 bits per heavy atom.